The Balaban J connectivity index is 1.53. The van der Waals surface area contributed by atoms with E-state index in [1.54, 1.807) is 18.2 Å². The van der Waals surface area contributed by atoms with E-state index < -0.39 is 5.97 Å². The van der Waals surface area contributed by atoms with Crippen LogP contribution in [0.3, 0.4) is 0 Å². The number of aromatic carboxylic acids is 1. The zero-order valence-corrected chi connectivity index (χ0v) is 16.6. The summed E-state index contributed by atoms with van der Waals surface area (Å²) in [4.78, 5) is 24.6. The van der Waals surface area contributed by atoms with Gasteiger partial charge in [-0.2, -0.15) is 0 Å². The molecule has 1 aromatic heterocycles. The Morgan fingerprint density at radius 1 is 1.25 bits per heavy atom. The summed E-state index contributed by atoms with van der Waals surface area (Å²) in [5, 5.41) is 18.3. The lowest BCUT2D eigenvalue weighted by molar-refractivity contribution is -0.119. The van der Waals surface area contributed by atoms with Crippen molar-refractivity contribution in [3.8, 4) is 5.75 Å². The number of thiophene rings is 1. The fourth-order valence-electron chi connectivity index (χ4n) is 3.51. The molecule has 2 aromatic rings. The normalized spacial score (nSPS) is 18.6. The van der Waals surface area contributed by atoms with Crippen molar-refractivity contribution in [3.63, 3.8) is 0 Å². The Kier molecular flexibility index (Phi) is 6.65. The van der Waals surface area contributed by atoms with Gasteiger partial charge in [-0.1, -0.05) is 12.1 Å². The van der Waals surface area contributed by atoms with Gasteiger partial charge in [-0.05, 0) is 73.6 Å². The molecular weight excluding hydrogens is 376 g/mol. The summed E-state index contributed by atoms with van der Waals surface area (Å²) >= 11 is 1.31. The molecule has 0 radical (unpaired) electrons. The molecule has 0 saturated carbocycles. The molecule has 148 valence electrons. The van der Waals surface area contributed by atoms with Gasteiger partial charge >= 0.3 is 5.97 Å². The van der Waals surface area contributed by atoms with Gasteiger partial charge in [-0.3, -0.25) is 4.79 Å². The second-order valence-electron chi connectivity index (χ2n) is 7.12. The first-order valence-corrected chi connectivity index (χ1v) is 10.2. The molecule has 1 aromatic carbocycles. The molecule has 2 N–H and O–H groups in total. The van der Waals surface area contributed by atoms with E-state index >= 15 is 0 Å². The quantitative estimate of drug-likeness (QED) is 0.664. The number of carbonyl (C=O) groups is 2. The molecule has 0 amide bonds. The number of hydrogen-bond acceptors (Lipinski definition) is 5. The summed E-state index contributed by atoms with van der Waals surface area (Å²) in [5.74, 6) is -0.200. The zero-order valence-electron chi connectivity index (χ0n) is 15.8. The summed E-state index contributed by atoms with van der Waals surface area (Å²) < 4.78 is 5.87. The van der Waals surface area contributed by atoms with Gasteiger partial charge in [0.25, 0.3) is 0 Å². The maximum Gasteiger partial charge on any atom is 0.345 e. The van der Waals surface area contributed by atoms with Crippen LogP contribution in [-0.4, -0.2) is 28.6 Å². The van der Waals surface area contributed by atoms with Crippen molar-refractivity contribution in [1.82, 2.24) is 0 Å². The van der Waals surface area contributed by atoms with Crippen molar-refractivity contribution in [1.29, 1.82) is 0 Å². The highest BCUT2D eigenvalue weighted by Gasteiger charge is 2.30. The van der Waals surface area contributed by atoms with Crippen LogP contribution in [0.2, 0.25) is 0 Å². The van der Waals surface area contributed by atoms with E-state index in [1.165, 1.54) is 11.3 Å². The van der Waals surface area contributed by atoms with Crippen LogP contribution in [0.25, 0.3) is 0 Å². The Morgan fingerprint density at radius 3 is 2.79 bits per heavy atom. The molecule has 2 atom stereocenters. The van der Waals surface area contributed by atoms with E-state index in [0.717, 1.165) is 35.3 Å². The molecule has 1 aliphatic rings. The number of aliphatic hydroxyl groups excluding tert-OH is 1. The summed E-state index contributed by atoms with van der Waals surface area (Å²) in [7, 11) is 0. The van der Waals surface area contributed by atoms with Crippen LogP contribution in [0.5, 0.6) is 5.75 Å². The third-order valence-corrected chi connectivity index (χ3v) is 6.08. The van der Waals surface area contributed by atoms with E-state index in [4.69, 9.17) is 9.84 Å². The third-order valence-electron chi connectivity index (χ3n) is 4.95. The molecule has 0 bridgehead atoms. The molecule has 0 unspecified atom stereocenters. The number of allylic oxidation sites excluding steroid dienone is 2. The topological polar surface area (TPSA) is 83.8 Å². The highest BCUT2D eigenvalue weighted by molar-refractivity contribution is 7.13. The lowest BCUT2D eigenvalue weighted by atomic mass is 9.90. The van der Waals surface area contributed by atoms with Gasteiger partial charge in [0.1, 0.15) is 10.6 Å². The van der Waals surface area contributed by atoms with Crippen LogP contribution in [0.1, 0.15) is 38.5 Å². The molecule has 0 spiro atoms. The molecule has 5 nitrogen and oxygen atoms in total. The van der Waals surface area contributed by atoms with E-state index in [2.05, 4.69) is 0 Å². The van der Waals surface area contributed by atoms with Gasteiger partial charge in [0, 0.05) is 4.88 Å². The fraction of sp³-hybridized carbons (Fsp3) is 0.364. The zero-order chi connectivity index (χ0) is 20.1. The van der Waals surface area contributed by atoms with Crippen LogP contribution < -0.4 is 4.74 Å². The number of aryl methyl sites for hydroxylation is 2. The molecule has 6 heteroatoms. The number of carbonyl (C=O) groups excluding carboxylic acids is 1. The first kappa shape index (κ1) is 20.3. The number of hydrogen-bond donors (Lipinski definition) is 2. The highest BCUT2D eigenvalue weighted by Crippen LogP contribution is 2.29. The largest absolute Gasteiger partial charge is 0.493 e. The van der Waals surface area contributed by atoms with Crippen LogP contribution in [0.15, 0.2) is 42.5 Å². The summed E-state index contributed by atoms with van der Waals surface area (Å²) in [6.07, 6.45) is 6.15. The van der Waals surface area contributed by atoms with Crippen molar-refractivity contribution in [2.45, 2.75) is 32.8 Å². The van der Waals surface area contributed by atoms with E-state index in [1.807, 2.05) is 31.2 Å². The van der Waals surface area contributed by atoms with Gasteiger partial charge in [0.05, 0.1) is 19.1 Å². The standard InChI is InChI=1S/C22H24O5S/c1-14-9-15(12-23)11-17(10-14)27-13-19-16(5-7-20(19)24)3-2-4-18-6-8-21(28-18)22(25)26/h5-11,16,19,23H,2-4,12-13H2,1H3,(H,25,26)/t16-,19+/m0/s1. The van der Waals surface area contributed by atoms with Gasteiger partial charge < -0.3 is 14.9 Å². The molecule has 1 heterocycles. The Morgan fingerprint density at radius 2 is 2.07 bits per heavy atom. The molecule has 1 aliphatic carbocycles. The average molecular weight is 400 g/mol. The Hall–Kier alpha value is -2.44. The Bertz CT molecular complexity index is 883. The summed E-state index contributed by atoms with van der Waals surface area (Å²) in [6.45, 7) is 2.21. The number of rotatable bonds is 9. The minimum atomic E-state index is -0.890. The monoisotopic (exact) mass is 400 g/mol. The van der Waals surface area contributed by atoms with Crippen molar-refractivity contribution in [3.05, 3.63) is 63.4 Å². The maximum atomic E-state index is 12.2. The van der Waals surface area contributed by atoms with Gasteiger partial charge in [0.15, 0.2) is 5.78 Å². The van der Waals surface area contributed by atoms with Crippen LogP contribution >= 0.6 is 11.3 Å². The lowest BCUT2D eigenvalue weighted by Gasteiger charge is -2.19. The smallest absolute Gasteiger partial charge is 0.345 e. The van der Waals surface area contributed by atoms with Gasteiger partial charge in [-0.15, -0.1) is 11.3 Å². The molecule has 0 aliphatic heterocycles. The van der Waals surface area contributed by atoms with Crippen molar-refractivity contribution in [2.75, 3.05) is 6.61 Å². The number of ether oxygens (including phenoxy) is 1. The number of benzene rings is 1. The third kappa shape index (κ3) is 5.09. The van der Waals surface area contributed by atoms with E-state index in [0.29, 0.717) is 17.2 Å². The second kappa shape index (κ2) is 9.17. The number of carboxylic acids is 1. The van der Waals surface area contributed by atoms with Crippen LogP contribution in [-0.2, 0) is 17.8 Å². The van der Waals surface area contributed by atoms with E-state index in [9.17, 15) is 14.7 Å². The molecule has 0 fully saturated rings. The van der Waals surface area contributed by atoms with Gasteiger partial charge in [-0.25, -0.2) is 4.79 Å². The SMILES string of the molecule is Cc1cc(CO)cc(OC[C@H]2C(=O)C=C[C@@H]2CCCc2ccc(C(=O)O)s2)c1. The molecule has 28 heavy (non-hydrogen) atoms. The molecule has 0 saturated heterocycles. The minimum absolute atomic E-state index is 0.0447. The first-order valence-electron chi connectivity index (χ1n) is 9.34. The molecule has 3 rings (SSSR count). The average Bonchev–Trinajstić information content (AvgIpc) is 3.27. The fourth-order valence-corrected chi connectivity index (χ4v) is 4.40. The maximum absolute atomic E-state index is 12.2. The van der Waals surface area contributed by atoms with E-state index in [-0.39, 0.29) is 24.2 Å². The predicted molar refractivity (Wildman–Crippen MR) is 108 cm³/mol. The van der Waals surface area contributed by atoms with Crippen molar-refractivity contribution in [2.24, 2.45) is 11.8 Å². The lowest BCUT2D eigenvalue weighted by Crippen LogP contribution is -2.23. The van der Waals surface area contributed by atoms with Crippen molar-refractivity contribution < 1.29 is 24.5 Å². The summed E-state index contributed by atoms with van der Waals surface area (Å²) in [5.41, 5.74) is 1.80. The van der Waals surface area contributed by atoms with Crippen molar-refractivity contribution >= 4 is 23.1 Å². The predicted octanol–water partition coefficient (Wildman–Crippen LogP) is 4.02. The first-order chi connectivity index (χ1) is 13.5. The van der Waals surface area contributed by atoms with Crippen LogP contribution in [0, 0.1) is 18.8 Å². The second-order valence-corrected chi connectivity index (χ2v) is 8.29. The number of ketones is 1. The van der Waals surface area contributed by atoms with Gasteiger partial charge in [0.2, 0.25) is 0 Å². The highest BCUT2D eigenvalue weighted by atomic mass is 32.1. The number of carboxylic acid groups (broad SMARTS) is 1. The molecular formula is C22H24O5S. The van der Waals surface area contributed by atoms with Crippen LogP contribution in [0.4, 0.5) is 0 Å². The minimum Gasteiger partial charge on any atom is -0.493 e. The Labute approximate surface area is 168 Å². The summed E-state index contributed by atoms with van der Waals surface area (Å²) in [6, 6.07) is 9.10. The number of aliphatic hydroxyl groups is 1.